The number of nitrogens with one attached hydrogen (secondary N) is 1. The van der Waals surface area contributed by atoms with Crippen LogP contribution in [0.15, 0.2) is 30.5 Å². The van der Waals surface area contributed by atoms with Gasteiger partial charge in [-0.25, -0.2) is 5.48 Å². The highest BCUT2D eigenvalue weighted by Crippen LogP contribution is 2.20. The quantitative estimate of drug-likeness (QED) is 0.635. The Bertz CT molecular complexity index is 284. The van der Waals surface area contributed by atoms with Crippen LogP contribution >= 0.6 is 0 Å². The Balaban J connectivity index is 0.000000251. The van der Waals surface area contributed by atoms with Crippen molar-refractivity contribution in [2.24, 2.45) is 0 Å². The molecule has 0 amide bonds. The third kappa shape index (κ3) is 2.80. The van der Waals surface area contributed by atoms with Crippen molar-refractivity contribution in [1.82, 2.24) is 5.48 Å². The Kier molecular flexibility index (Phi) is 3.85. The van der Waals surface area contributed by atoms with E-state index in [9.17, 15) is 0 Å². The predicted octanol–water partition coefficient (Wildman–Crippen LogP) is 1.55. The summed E-state index contributed by atoms with van der Waals surface area (Å²) in [4.78, 5) is 5.09. The Labute approximate surface area is 77.6 Å². The van der Waals surface area contributed by atoms with Crippen LogP contribution in [0.4, 0.5) is 0 Å². The Morgan fingerprint density at radius 3 is 2.77 bits per heavy atom. The average Bonchev–Trinajstić information content (AvgIpc) is 2.19. The van der Waals surface area contributed by atoms with E-state index in [0.29, 0.717) is 0 Å². The summed E-state index contributed by atoms with van der Waals surface area (Å²) in [5.41, 5.74) is 3.77. The van der Waals surface area contributed by atoms with Crippen molar-refractivity contribution >= 4 is 6.08 Å². The van der Waals surface area contributed by atoms with Crippen LogP contribution in [0, 0.1) is 0 Å². The van der Waals surface area contributed by atoms with E-state index in [-0.39, 0.29) is 6.61 Å². The Morgan fingerprint density at radius 2 is 2.08 bits per heavy atom. The minimum absolute atomic E-state index is 0.250. The largest absolute Gasteiger partial charge is 0.397 e. The first-order valence-corrected chi connectivity index (χ1v) is 4.17. The molecule has 3 nitrogen and oxygen atoms in total. The Morgan fingerprint density at radius 1 is 1.38 bits per heavy atom. The third-order valence-electron chi connectivity index (χ3n) is 1.42. The summed E-state index contributed by atoms with van der Waals surface area (Å²) in [6, 6.07) is 7.86. The molecule has 0 unspecified atom stereocenters. The molecule has 0 aliphatic carbocycles. The van der Waals surface area contributed by atoms with Gasteiger partial charge in [-0.05, 0) is 19.1 Å². The molecule has 2 rings (SSSR count). The molecule has 1 aliphatic rings. The first kappa shape index (κ1) is 9.61. The summed E-state index contributed by atoms with van der Waals surface area (Å²) < 4.78 is 0. The van der Waals surface area contributed by atoms with Crippen LogP contribution in [0.25, 0.3) is 6.08 Å². The number of hydrogen-bond acceptors (Lipinski definition) is 3. The lowest BCUT2D eigenvalue weighted by atomic mass is 10.2. The molecule has 1 aromatic carbocycles. The molecular formula is C10H13NO2. The molecule has 0 bridgehead atoms. The fraction of sp³-hybridized carbons (Fsp3) is 0.200. The molecule has 0 aromatic heterocycles. The van der Waals surface area contributed by atoms with E-state index in [4.69, 9.17) is 9.94 Å². The molecule has 0 spiro atoms. The third-order valence-corrected chi connectivity index (χ3v) is 1.42. The van der Waals surface area contributed by atoms with Gasteiger partial charge in [-0.15, -0.1) is 0 Å². The maximum atomic E-state index is 7.57. The molecule has 1 aromatic rings. The molecular weight excluding hydrogens is 166 g/mol. The van der Waals surface area contributed by atoms with Gasteiger partial charge in [-0.3, -0.25) is 0 Å². The number of rotatable bonds is 0. The van der Waals surface area contributed by atoms with E-state index in [1.165, 1.54) is 0 Å². The van der Waals surface area contributed by atoms with Crippen molar-refractivity contribution in [3.05, 3.63) is 36.0 Å². The summed E-state index contributed by atoms with van der Waals surface area (Å²) in [5, 5.41) is 7.57. The summed E-state index contributed by atoms with van der Waals surface area (Å²) >= 11 is 0. The van der Waals surface area contributed by atoms with E-state index in [2.05, 4.69) is 5.48 Å². The van der Waals surface area contributed by atoms with Gasteiger partial charge in [-0.1, -0.05) is 18.2 Å². The smallest absolute Gasteiger partial charge is 0.162 e. The van der Waals surface area contributed by atoms with E-state index >= 15 is 0 Å². The molecule has 1 aliphatic heterocycles. The number of fused-ring (bicyclic) bond motifs is 1. The van der Waals surface area contributed by atoms with Crippen molar-refractivity contribution < 1.29 is 9.94 Å². The molecule has 1 heterocycles. The zero-order valence-corrected chi connectivity index (χ0v) is 7.53. The molecule has 0 saturated carbocycles. The maximum absolute atomic E-state index is 7.57. The lowest BCUT2D eigenvalue weighted by Crippen LogP contribution is -2.13. The molecule has 0 fully saturated rings. The molecule has 0 atom stereocenters. The van der Waals surface area contributed by atoms with E-state index in [1.54, 1.807) is 13.1 Å². The van der Waals surface area contributed by atoms with Crippen LogP contribution in [0.1, 0.15) is 12.5 Å². The molecule has 2 N–H and O–H groups in total. The van der Waals surface area contributed by atoms with E-state index in [0.717, 1.165) is 11.3 Å². The Hall–Kier alpha value is -1.48. The van der Waals surface area contributed by atoms with E-state index in [1.807, 2.05) is 30.3 Å². The van der Waals surface area contributed by atoms with Crippen LogP contribution < -0.4 is 10.3 Å². The standard InChI is InChI=1S/C8H7NO.C2H6O/c1-2-4-8-7(3-1)5-6-9-10-8;1-2-3/h1-6,9H;3H,2H2,1H3. The van der Waals surface area contributed by atoms with Gasteiger partial charge < -0.3 is 9.94 Å². The predicted molar refractivity (Wildman–Crippen MR) is 52.0 cm³/mol. The number of benzene rings is 1. The van der Waals surface area contributed by atoms with Crippen LogP contribution in [-0.2, 0) is 0 Å². The zero-order valence-electron chi connectivity index (χ0n) is 7.53. The second-order valence-electron chi connectivity index (χ2n) is 2.41. The monoisotopic (exact) mass is 179 g/mol. The van der Waals surface area contributed by atoms with Crippen molar-refractivity contribution in [2.45, 2.75) is 6.92 Å². The summed E-state index contributed by atoms with van der Waals surface area (Å²) in [6.45, 7) is 1.93. The molecule has 13 heavy (non-hydrogen) atoms. The lowest BCUT2D eigenvalue weighted by Gasteiger charge is -2.11. The fourth-order valence-corrected chi connectivity index (χ4v) is 0.932. The van der Waals surface area contributed by atoms with E-state index < -0.39 is 0 Å². The highest BCUT2D eigenvalue weighted by Gasteiger charge is 2.01. The highest BCUT2D eigenvalue weighted by atomic mass is 16.6. The molecule has 3 heteroatoms. The summed E-state index contributed by atoms with van der Waals surface area (Å²) in [5.74, 6) is 0.880. The van der Waals surface area contributed by atoms with Crippen LogP contribution in [-0.4, -0.2) is 11.7 Å². The number of para-hydroxylation sites is 1. The van der Waals surface area contributed by atoms with Crippen molar-refractivity contribution in [1.29, 1.82) is 0 Å². The SMILES string of the molecule is C1=Cc2ccccc2ON1.CCO. The zero-order chi connectivity index (χ0) is 9.52. The minimum atomic E-state index is 0.250. The second kappa shape index (κ2) is 5.22. The minimum Gasteiger partial charge on any atom is -0.397 e. The van der Waals surface area contributed by atoms with Gasteiger partial charge >= 0.3 is 0 Å². The van der Waals surface area contributed by atoms with Crippen LogP contribution in [0.5, 0.6) is 5.75 Å². The van der Waals surface area contributed by atoms with Gasteiger partial charge in [0.05, 0.1) is 0 Å². The lowest BCUT2D eigenvalue weighted by molar-refractivity contribution is 0.239. The topological polar surface area (TPSA) is 41.5 Å². The van der Waals surface area contributed by atoms with Crippen molar-refractivity contribution in [3.63, 3.8) is 0 Å². The van der Waals surface area contributed by atoms with Gasteiger partial charge in [0.1, 0.15) is 0 Å². The number of aliphatic hydroxyl groups excluding tert-OH is 1. The first-order chi connectivity index (χ1) is 6.38. The van der Waals surface area contributed by atoms with Gasteiger partial charge in [0, 0.05) is 18.4 Å². The highest BCUT2D eigenvalue weighted by molar-refractivity contribution is 5.57. The molecule has 70 valence electrons. The molecule has 0 saturated heterocycles. The summed E-state index contributed by atoms with van der Waals surface area (Å²) in [7, 11) is 0. The number of aliphatic hydroxyl groups is 1. The maximum Gasteiger partial charge on any atom is 0.162 e. The number of hydroxylamine groups is 1. The van der Waals surface area contributed by atoms with Gasteiger partial charge in [-0.2, -0.15) is 0 Å². The average molecular weight is 179 g/mol. The fourth-order valence-electron chi connectivity index (χ4n) is 0.932. The van der Waals surface area contributed by atoms with Crippen LogP contribution in [0.3, 0.4) is 0 Å². The van der Waals surface area contributed by atoms with Crippen LogP contribution in [0.2, 0.25) is 0 Å². The first-order valence-electron chi connectivity index (χ1n) is 4.17. The van der Waals surface area contributed by atoms with Crippen molar-refractivity contribution in [2.75, 3.05) is 6.61 Å². The van der Waals surface area contributed by atoms with Gasteiger partial charge in [0.15, 0.2) is 5.75 Å². The number of hydrogen-bond donors (Lipinski definition) is 2. The van der Waals surface area contributed by atoms with Gasteiger partial charge in [0.25, 0.3) is 0 Å². The van der Waals surface area contributed by atoms with Crippen molar-refractivity contribution in [3.8, 4) is 5.75 Å². The normalized spacial score (nSPS) is 11.5. The molecule has 0 radical (unpaired) electrons. The van der Waals surface area contributed by atoms with Gasteiger partial charge in [0.2, 0.25) is 0 Å². The summed E-state index contributed by atoms with van der Waals surface area (Å²) in [6.07, 6.45) is 3.74. The second-order valence-corrected chi connectivity index (χ2v) is 2.41.